The van der Waals surface area contributed by atoms with Crippen molar-refractivity contribution in [3.8, 4) is 5.75 Å². The zero-order valence-electron chi connectivity index (χ0n) is 11.8. The molecule has 2 rings (SSSR count). The number of rotatable bonds is 5. The number of carbonyl (C=O) groups excluding carboxylic acids is 1. The normalized spacial score (nSPS) is 10.1. The molecular formula is C16H14BrNO4. The number of benzene rings is 2. The molecule has 0 atom stereocenters. The minimum atomic E-state index is -1.01. The first-order valence-corrected chi connectivity index (χ1v) is 7.27. The third-order valence-electron chi connectivity index (χ3n) is 2.86. The molecule has 6 heteroatoms. The number of hydrogen-bond donors (Lipinski definition) is 2. The number of anilines is 1. The van der Waals surface area contributed by atoms with E-state index in [0.717, 1.165) is 10.0 Å². The molecule has 0 saturated heterocycles. The molecule has 0 aromatic heterocycles. The lowest BCUT2D eigenvalue weighted by atomic mass is 10.2. The molecule has 0 aliphatic carbocycles. The topological polar surface area (TPSA) is 75.6 Å². The number of hydrogen-bond acceptors (Lipinski definition) is 3. The lowest BCUT2D eigenvalue weighted by Gasteiger charge is -2.09. The molecule has 5 nitrogen and oxygen atoms in total. The summed E-state index contributed by atoms with van der Waals surface area (Å²) in [4.78, 5) is 22.6. The van der Waals surface area contributed by atoms with Crippen LogP contribution in [-0.2, 0) is 4.79 Å². The maximum Gasteiger partial charge on any atom is 0.335 e. The van der Waals surface area contributed by atoms with E-state index in [2.05, 4.69) is 21.2 Å². The van der Waals surface area contributed by atoms with Crippen LogP contribution in [0.15, 0.2) is 46.9 Å². The van der Waals surface area contributed by atoms with Crippen molar-refractivity contribution in [1.82, 2.24) is 0 Å². The van der Waals surface area contributed by atoms with E-state index >= 15 is 0 Å². The third-order valence-corrected chi connectivity index (χ3v) is 3.48. The summed E-state index contributed by atoms with van der Waals surface area (Å²) in [6.45, 7) is 1.82. The van der Waals surface area contributed by atoms with Gasteiger partial charge in [-0.05, 0) is 64.8 Å². The Morgan fingerprint density at radius 1 is 1.18 bits per heavy atom. The highest BCUT2D eigenvalue weighted by Crippen LogP contribution is 2.25. The van der Waals surface area contributed by atoms with Crippen LogP contribution in [0.2, 0.25) is 0 Å². The van der Waals surface area contributed by atoms with Gasteiger partial charge in [0.05, 0.1) is 10.0 Å². The number of carboxylic acids is 1. The smallest absolute Gasteiger partial charge is 0.335 e. The van der Waals surface area contributed by atoms with E-state index in [9.17, 15) is 9.59 Å². The maximum absolute atomic E-state index is 11.8. The average molecular weight is 364 g/mol. The van der Waals surface area contributed by atoms with E-state index < -0.39 is 5.97 Å². The van der Waals surface area contributed by atoms with Crippen LogP contribution in [-0.4, -0.2) is 23.6 Å². The molecule has 0 bridgehead atoms. The molecule has 2 aromatic carbocycles. The van der Waals surface area contributed by atoms with Crippen molar-refractivity contribution in [2.24, 2.45) is 0 Å². The SMILES string of the molecule is Cc1ccc(OCC(=O)Nc2ccc(C(=O)O)cc2)c(Br)c1. The van der Waals surface area contributed by atoms with E-state index in [1.54, 1.807) is 6.07 Å². The van der Waals surface area contributed by atoms with Gasteiger partial charge in [0.25, 0.3) is 5.91 Å². The van der Waals surface area contributed by atoms with Crippen LogP contribution in [0.3, 0.4) is 0 Å². The number of aryl methyl sites for hydroxylation is 1. The van der Waals surface area contributed by atoms with Crippen LogP contribution in [0.4, 0.5) is 5.69 Å². The van der Waals surface area contributed by atoms with Crippen molar-refractivity contribution in [1.29, 1.82) is 0 Å². The number of carbonyl (C=O) groups is 2. The second-order valence-electron chi connectivity index (χ2n) is 4.65. The Labute approximate surface area is 136 Å². The summed E-state index contributed by atoms with van der Waals surface area (Å²) in [5.41, 5.74) is 1.77. The average Bonchev–Trinajstić information content (AvgIpc) is 2.47. The molecule has 0 fully saturated rings. The van der Waals surface area contributed by atoms with E-state index in [4.69, 9.17) is 9.84 Å². The first-order valence-electron chi connectivity index (χ1n) is 6.48. The minimum absolute atomic E-state index is 0.137. The van der Waals surface area contributed by atoms with Crippen molar-refractivity contribution in [2.75, 3.05) is 11.9 Å². The fraction of sp³-hybridized carbons (Fsp3) is 0.125. The molecule has 0 unspecified atom stereocenters. The van der Waals surface area contributed by atoms with Crippen molar-refractivity contribution in [3.63, 3.8) is 0 Å². The van der Waals surface area contributed by atoms with Gasteiger partial charge in [0, 0.05) is 5.69 Å². The highest BCUT2D eigenvalue weighted by Gasteiger charge is 2.07. The maximum atomic E-state index is 11.8. The summed E-state index contributed by atoms with van der Waals surface area (Å²) < 4.78 is 6.22. The summed E-state index contributed by atoms with van der Waals surface area (Å²) >= 11 is 3.37. The number of aromatic carboxylic acids is 1. The van der Waals surface area contributed by atoms with Crippen molar-refractivity contribution in [3.05, 3.63) is 58.1 Å². The highest BCUT2D eigenvalue weighted by molar-refractivity contribution is 9.10. The minimum Gasteiger partial charge on any atom is -0.483 e. The van der Waals surface area contributed by atoms with Gasteiger partial charge in [-0.2, -0.15) is 0 Å². The molecule has 2 aromatic rings. The standard InChI is InChI=1S/C16H14BrNO4/c1-10-2-7-14(13(17)8-10)22-9-15(19)18-12-5-3-11(4-6-12)16(20)21/h2-8H,9H2,1H3,(H,18,19)(H,20,21). The molecule has 0 radical (unpaired) electrons. The van der Waals surface area contributed by atoms with Crippen molar-refractivity contribution in [2.45, 2.75) is 6.92 Å². The van der Waals surface area contributed by atoms with Crippen LogP contribution >= 0.6 is 15.9 Å². The Hall–Kier alpha value is -2.34. The summed E-state index contributed by atoms with van der Waals surface area (Å²) in [5, 5.41) is 11.4. The predicted octanol–water partition coefficient (Wildman–Crippen LogP) is 3.47. The fourth-order valence-electron chi connectivity index (χ4n) is 1.76. The Morgan fingerprint density at radius 3 is 2.45 bits per heavy atom. The van der Waals surface area contributed by atoms with Gasteiger partial charge in [0.1, 0.15) is 5.75 Å². The molecule has 22 heavy (non-hydrogen) atoms. The molecule has 0 heterocycles. The molecule has 114 valence electrons. The van der Waals surface area contributed by atoms with Crippen LogP contribution < -0.4 is 10.1 Å². The van der Waals surface area contributed by atoms with E-state index in [-0.39, 0.29) is 18.1 Å². The van der Waals surface area contributed by atoms with Crippen LogP contribution in [0.1, 0.15) is 15.9 Å². The second-order valence-corrected chi connectivity index (χ2v) is 5.51. The van der Waals surface area contributed by atoms with Crippen LogP contribution in [0.25, 0.3) is 0 Å². The molecule has 2 N–H and O–H groups in total. The van der Waals surface area contributed by atoms with Gasteiger partial charge >= 0.3 is 5.97 Å². The number of nitrogens with one attached hydrogen (secondary N) is 1. The third kappa shape index (κ3) is 4.33. The van der Waals surface area contributed by atoms with Crippen LogP contribution in [0, 0.1) is 6.92 Å². The van der Waals surface area contributed by atoms with Gasteiger partial charge in [0.2, 0.25) is 0 Å². The Balaban J connectivity index is 1.91. The van der Waals surface area contributed by atoms with Gasteiger partial charge in [-0.25, -0.2) is 4.79 Å². The molecular weight excluding hydrogens is 350 g/mol. The lowest BCUT2D eigenvalue weighted by Crippen LogP contribution is -2.20. The van der Waals surface area contributed by atoms with Crippen LogP contribution in [0.5, 0.6) is 5.75 Å². The first kappa shape index (κ1) is 16.0. The summed E-state index contributed by atoms with van der Waals surface area (Å²) in [6, 6.07) is 11.5. The number of halogens is 1. The van der Waals surface area contributed by atoms with Crippen molar-refractivity contribution >= 4 is 33.5 Å². The largest absolute Gasteiger partial charge is 0.483 e. The Morgan fingerprint density at radius 2 is 1.86 bits per heavy atom. The molecule has 1 amide bonds. The first-order chi connectivity index (χ1) is 10.5. The lowest BCUT2D eigenvalue weighted by molar-refractivity contribution is -0.118. The summed E-state index contributed by atoms with van der Waals surface area (Å²) in [6.07, 6.45) is 0. The number of amides is 1. The highest BCUT2D eigenvalue weighted by atomic mass is 79.9. The second kappa shape index (κ2) is 7.09. The molecule has 0 aliphatic heterocycles. The van der Waals surface area contributed by atoms with Gasteiger partial charge in [0.15, 0.2) is 6.61 Å². The summed E-state index contributed by atoms with van der Waals surface area (Å²) in [5.74, 6) is -0.747. The number of carboxylic acid groups (broad SMARTS) is 1. The van der Waals surface area contributed by atoms with Gasteiger partial charge in [-0.15, -0.1) is 0 Å². The fourth-order valence-corrected chi connectivity index (χ4v) is 2.37. The van der Waals surface area contributed by atoms with Gasteiger partial charge < -0.3 is 15.2 Å². The molecule has 0 aliphatic rings. The molecule has 0 saturated carbocycles. The van der Waals surface area contributed by atoms with Gasteiger partial charge in [-0.1, -0.05) is 6.07 Å². The van der Waals surface area contributed by atoms with Crippen molar-refractivity contribution < 1.29 is 19.4 Å². The van der Waals surface area contributed by atoms with E-state index in [0.29, 0.717) is 11.4 Å². The monoisotopic (exact) mass is 363 g/mol. The van der Waals surface area contributed by atoms with E-state index in [1.165, 1.54) is 24.3 Å². The number of ether oxygens (including phenoxy) is 1. The predicted molar refractivity (Wildman–Crippen MR) is 86.4 cm³/mol. The Bertz CT molecular complexity index is 698. The van der Waals surface area contributed by atoms with Gasteiger partial charge in [-0.3, -0.25) is 4.79 Å². The quantitative estimate of drug-likeness (QED) is 0.852. The Kier molecular flexibility index (Phi) is 5.16. The summed E-state index contributed by atoms with van der Waals surface area (Å²) in [7, 11) is 0. The zero-order valence-corrected chi connectivity index (χ0v) is 13.4. The van der Waals surface area contributed by atoms with E-state index in [1.807, 2.05) is 19.1 Å². The zero-order chi connectivity index (χ0) is 16.1. The molecule has 0 spiro atoms.